The Balaban J connectivity index is 2.69. The number of nitrogens with two attached hydrogens (primary N) is 1. The first-order valence-corrected chi connectivity index (χ1v) is 6.79. The van der Waals surface area contributed by atoms with Gasteiger partial charge in [-0.1, -0.05) is 31.2 Å². The highest BCUT2D eigenvalue weighted by Gasteiger charge is 2.14. The largest absolute Gasteiger partial charge is 0.299 e. The third-order valence-corrected chi connectivity index (χ3v) is 3.79. The van der Waals surface area contributed by atoms with Gasteiger partial charge in [0.2, 0.25) is 5.91 Å². The van der Waals surface area contributed by atoms with Gasteiger partial charge in [0.05, 0.1) is 5.92 Å². The second-order valence-corrected chi connectivity index (χ2v) is 5.14. The van der Waals surface area contributed by atoms with Crippen molar-refractivity contribution in [1.82, 2.24) is 10.3 Å². The molecule has 1 rings (SSSR count). The topological polar surface area (TPSA) is 58.4 Å². The molecule has 2 atom stereocenters. The number of benzene rings is 1. The van der Waals surface area contributed by atoms with Gasteiger partial charge in [0.25, 0.3) is 0 Å². The maximum atomic E-state index is 11.5. The van der Waals surface area contributed by atoms with Crippen molar-refractivity contribution in [2.24, 2.45) is 5.84 Å². The molecule has 0 aliphatic heterocycles. The zero-order valence-corrected chi connectivity index (χ0v) is 12.3. The van der Waals surface area contributed by atoms with Gasteiger partial charge in [0.15, 0.2) is 0 Å². The fraction of sp³-hybridized carbons (Fsp3) is 0.533. The fourth-order valence-electron chi connectivity index (χ4n) is 1.94. The van der Waals surface area contributed by atoms with Crippen LogP contribution in [0.3, 0.4) is 0 Å². The number of hydrogen-bond acceptors (Lipinski definition) is 3. The van der Waals surface area contributed by atoms with Crippen LogP contribution in [0.2, 0.25) is 0 Å². The van der Waals surface area contributed by atoms with Crippen LogP contribution in [0.4, 0.5) is 0 Å². The molecule has 0 saturated carbocycles. The average molecular weight is 263 g/mol. The fourth-order valence-corrected chi connectivity index (χ4v) is 1.94. The molecule has 19 heavy (non-hydrogen) atoms. The van der Waals surface area contributed by atoms with Crippen molar-refractivity contribution >= 4 is 5.91 Å². The molecule has 0 radical (unpaired) electrons. The van der Waals surface area contributed by atoms with Gasteiger partial charge < -0.3 is 0 Å². The van der Waals surface area contributed by atoms with Crippen molar-refractivity contribution in [3.05, 3.63) is 35.4 Å². The summed E-state index contributed by atoms with van der Waals surface area (Å²) >= 11 is 0. The summed E-state index contributed by atoms with van der Waals surface area (Å²) in [5, 5.41) is 0. The van der Waals surface area contributed by atoms with E-state index in [1.54, 1.807) is 0 Å². The van der Waals surface area contributed by atoms with Crippen LogP contribution >= 0.6 is 0 Å². The molecular formula is C15H25N3O. The third-order valence-electron chi connectivity index (χ3n) is 3.79. The number of carbonyl (C=O) groups is 1. The molecule has 0 saturated heterocycles. The average Bonchev–Trinajstić information content (AvgIpc) is 2.45. The summed E-state index contributed by atoms with van der Waals surface area (Å²) in [6.07, 6.45) is 1.14. The minimum Gasteiger partial charge on any atom is -0.299 e. The van der Waals surface area contributed by atoms with Crippen LogP contribution < -0.4 is 11.3 Å². The Morgan fingerprint density at radius 3 is 2.37 bits per heavy atom. The second kappa shape index (κ2) is 7.26. The van der Waals surface area contributed by atoms with Crippen molar-refractivity contribution in [3.63, 3.8) is 0 Å². The second-order valence-electron chi connectivity index (χ2n) is 5.14. The number of amides is 1. The van der Waals surface area contributed by atoms with Crippen LogP contribution in [0.25, 0.3) is 0 Å². The van der Waals surface area contributed by atoms with E-state index < -0.39 is 0 Å². The summed E-state index contributed by atoms with van der Waals surface area (Å²) in [5.74, 6) is 4.77. The van der Waals surface area contributed by atoms with Gasteiger partial charge in [-0.2, -0.15) is 0 Å². The first-order chi connectivity index (χ1) is 8.99. The molecule has 1 aromatic rings. The SMILES string of the molecule is CCC(C)N(C)Cc1ccc(C(C)C(=O)NN)cc1. The lowest BCUT2D eigenvalue weighted by Gasteiger charge is -2.23. The highest BCUT2D eigenvalue weighted by Crippen LogP contribution is 2.17. The monoisotopic (exact) mass is 263 g/mol. The molecule has 0 aromatic heterocycles. The highest BCUT2D eigenvalue weighted by molar-refractivity contribution is 5.82. The Morgan fingerprint density at radius 1 is 1.32 bits per heavy atom. The maximum Gasteiger partial charge on any atom is 0.241 e. The van der Waals surface area contributed by atoms with E-state index in [-0.39, 0.29) is 11.8 Å². The summed E-state index contributed by atoms with van der Waals surface area (Å²) in [5.41, 5.74) is 4.43. The Morgan fingerprint density at radius 2 is 1.89 bits per heavy atom. The highest BCUT2D eigenvalue weighted by atomic mass is 16.2. The standard InChI is InChI=1S/C15H25N3O/c1-5-11(2)18(4)10-13-6-8-14(9-7-13)12(3)15(19)17-16/h6-9,11-12H,5,10,16H2,1-4H3,(H,17,19). The molecule has 0 bridgehead atoms. The van der Waals surface area contributed by atoms with E-state index in [1.807, 2.05) is 19.1 Å². The zero-order valence-electron chi connectivity index (χ0n) is 12.3. The lowest BCUT2D eigenvalue weighted by atomic mass is 9.99. The molecule has 0 aliphatic rings. The van der Waals surface area contributed by atoms with E-state index in [1.165, 1.54) is 5.56 Å². The normalized spacial score (nSPS) is 14.2. The number of carbonyl (C=O) groups excluding carboxylic acids is 1. The molecule has 4 heteroatoms. The van der Waals surface area contributed by atoms with E-state index in [2.05, 4.69) is 43.4 Å². The molecule has 106 valence electrons. The molecular weight excluding hydrogens is 238 g/mol. The van der Waals surface area contributed by atoms with Crippen LogP contribution in [-0.4, -0.2) is 23.9 Å². The maximum absolute atomic E-state index is 11.5. The van der Waals surface area contributed by atoms with E-state index in [0.29, 0.717) is 6.04 Å². The first-order valence-electron chi connectivity index (χ1n) is 6.79. The Kier molecular flexibility index (Phi) is 5.99. The van der Waals surface area contributed by atoms with Crippen LogP contribution in [0.1, 0.15) is 44.2 Å². The van der Waals surface area contributed by atoms with Gasteiger partial charge in [-0.15, -0.1) is 0 Å². The van der Waals surface area contributed by atoms with Crippen molar-refractivity contribution in [3.8, 4) is 0 Å². The number of hydrogen-bond donors (Lipinski definition) is 2. The van der Waals surface area contributed by atoms with Crippen LogP contribution in [0.15, 0.2) is 24.3 Å². The van der Waals surface area contributed by atoms with Gasteiger partial charge >= 0.3 is 0 Å². The van der Waals surface area contributed by atoms with Gasteiger partial charge in [-0.3, -0.25) is 15.1 Å². The van der Waals surface area contributed by atoms with Crippen molar-refractivity contribution < 1.29 is 4.79 Å². The van der Waals surface area contributed by atoms with Crippen LogP contribution in [0, 0.1) is 0 Å². The van der Waals surface area contributed by atoms with Crippen LogP contribution in [-0.2, 0) is 11.3 Å². The molecule has 0 spiro atoms. The molecule has 1 amide bonds. The molecule has 0 heterocycles. The van der Waals surface area contributed by atoms with Gasteiger partial charge in [-0.25, -0.2) is 5.84 Å². The Hall–Kier alpha value is -1.39. The van der Waals surface area contributed by atoms with Gasteiger partial charge in [0, 0.05) is 12.6 Å². The van der Waals surface area contributed by atoms with Crippen molar-refractivity contribution in [1.29, 1.82) is 0 Å². The minimum atomic E-state index is -0.216. The van der Waals surface area contributed by atoms with Crippen molar-refractivity contribution in [2.45, 2.75) is 45.7 Å². The number of nitrogens with one attached hydrogen (secondary N) is 1. The number of nitrogens with zero attached hydrogens (tertiary/aromatic N) is 1. The molecule has 4 nitrogen and oxygen atoms in total. The zero-order chi connectivity index (χ0) is 14.4. The summed E-state index contributed by atoms with van der Waals surface area (Å²) < 4.78 is 0. The smallest absolute Gasteiger partial charge is 0.241 e. The summed E-state index contributed by atoms with van der Waals surface area (Å²) in [7, 11) is 2.13. The molecule has 3 N–H and O–H groups in total. The van der Waals surface area contributed by atoms with Gasteiger partial charge in [-0.05, 0) is 38.4 Å². The molecule has 2 unspecified atom stereocenters. The van der Waals surface area contributed by atoms with E-state index >= 15 is 0 Å². The predicted octanol–water partition coefficient (Wildman–Crippen LogP) is 2.01. The van der Waals surface area contributed by atoms with E-state index in [4.69, 9.17) is 5.84 Å². The first kappa shape index (κ1) is 15.7. The Bertz CT molecular complexity index is 402. The van der Waals surface area contributed by atoms with Crippen molar-refractivity contribution in [2.75, 3.05) is 7.05 Å². The van der Waals surface area contributed by atoms with E-state index in [9.17, 15) is 4.79 Å². The summed E-state index contributed by atoms with van der Waals surface area (Å²) in [6, 6.07) is 8.73. The van der Waals surface area contributed by atoms with Gasteiger partial charge in [0.1, 0.15) is 0 Å². The number of rotatable bonds is 6. The molecule has 1 aromatic carbocycles. The summed E-state index contributed by atoms with van der Waals surface area (Å²) in [6.45, 7) is 7.19. The predicted molar refractivity (Wildman–Crippen MR) is 78.4 cm³/mol. The molecule has 0 fully saturated rings. The summed E-state index contributed by atoms with van der Waals surface area (Å²) in [4.78, 5) is 13.8. The third kappa shape index (κ3) is 4.33. The molecule has 0 aliphatic carbocycles. The van der Waals surface area contributed by atoms with E-state index in [0.717, 1.165) is 18.5 Å². The lowest BCUT2D eigenvalue weighted by molar-refractivity contribution is -0.122. The Labute approximate surface area is 115 Å². The minimum absolute atomic E-state index is 0.163. The lowest BCUT2D eigenvalue weighted by Crippen LogP contribution is -2.33. The quantitative estimate of drug-likeness (QED) is 0.469. The van der Waals surface area contributed by atoms with Crippen LogP contribution in [0.5, 0.6) is 0 Å². The number of hydrazine groups is 1.